The van der Waals surface area contributed by atoms with Gasteiger partial charge in [-0.3, -0.25) is 14.5 Å². The van der Waals surface area contributed by atoms with Gasteiger partial charge in [-0.05, 0) is 37.3 Å². The first-order chi connectivity index (χ1) is 11.5. The van der Waals surface area contributed by atoms with Crippen molar-refractivity contribution in [2.24, 2.45) is 0 Å². The lowest BCUT2D eigenvalue weighted by atomic mass is 10.1. The molecule has 0 fully saturated rings. The Hall–Kier alpha value is -2.24. The van der Waals surface area contributed by atoms with E-state index in [1.165, 1.54) is 4.90 Å². The number of carbonyl (C=O) groups excluding carboxylic acids is 2. The van der Waals surface area contributed by atoms with Crippen LogP contribution in [-0.4, -0.2) is 24.5 Å². The Morgan fingerprint density at radius 3 is 2.79 bits per heavy atom. The molecule has 0 aromatic heterocycles. The number of amides is 2. The number of rotatable bonds is 3. The van der Waals surface area contributed by atoms with Crippen molar-refractivity contribution in [3.8, 4) is 5.75 Å². The van der Waals surface area contributed by atoms with E-state index in [4.69, 9.17) is 27.9 Å². The van der Waals surface area contributed by atoms with Crippen LogP contribution in [0.15, 0.2) is 42.5 Å². The fraction of sp³-hybridized carbons (Fsp3) is 0.176. The van der Waals surface area contributed by atoms with E-state index in [0.29, 0.717) is 27.2 Å². The van der Waals surface area contributed by atoms with Gasteiger partial charge in [-0.15, -0.1) is 0 Å². The summed E-state index contributed by atoms with van der Waals surface area (Å²) in [5.74, 6) is -0.0877. The van der Waals surface area contributed by atoms with Gasteiger partial charge in [0.2, 0.25) is 5.91 Å². The van der Waals surface area contributed by atoms with E-state index < -0.39 is 6.04 Å². The molecule has 3 rings (SSSR count). The lowest BCUT2D eigenvalue weighted by Gasteiger charge is -2.33. The predicted molar refractivity (Wildman–Crippen MR) is 94.0 cm³/mol. The van der Waals surface area contributed by atoms with Gasteiger partial charge in [-0.1, -0.05) is 35.3 Å². The minimum Gasteiger partial charge on any atom is -0.482 e. The van der Waals surface area contributed by atoms with Gasteiger partial charge in [-0.2, -0.15) is 0 Å². The normalized spacial score (nSPS) is 14.6. The van der Waals surface area contributed by atoms with Gasteiger partial charge in [0, 0.05) is 5.02 Å². The molecular weight excluding hydrogens is 351 g/mol. The summed E-state index contributed by atoms with van der Waals surface area (Å²) in [6, 6.07) is 11.1. The molecule has 1 aliphatic rings. The number of halogens is 2. The number of ether oxygens (including phenoxy) is 1. The summed E-state index contributed by atoms with van der Waals surface area (Å²) in [6.45, 7) is 1.54. The topological polar surface area (TPSA) is 58.6 Å². The zero-order valence-corrected chi connectivity index (χ0v) is 14.3. The summed E-state index contributed by atoms with van der Waals surface area (Å²) in [5.41, 5.74) is 0.962. The minimum absolute atomic E-state index is 0.105. The Bertz CT molecular complexity index is 810. The van der Waals surface area contributed by atoms with Crippen LogP contribution in [0.3, 0.4) is 0 Å². The van der Waals surface area contributed by atoms with E-state index in [2.05, 4.69) is 5.32 Å². The van der Waals surface area contributed by atoms with Crippen LogP contribution in [0.5, 0.6) is 5.75 Å². The fourth-order valence-electron chi connectivity index (χ4n) is 2.49. The number of nitrogens with zero attached hydrogens (tertiary/aromatic N) is 1. The van der Waals surface area contributed by atoms with Gasteiger partial charge in [-0.25, -0.2) is 0 Å². The van der Waals surface area contributed by atoms with Crippen molar-refractivity contribution in [3.63, 3.8) is 0 Å². The van der Waals surface area contributed by atoms with Crippen LogP contribution in [-0.2, 0) is 9.59 Å². The first-order valence-corrected chi connectivity index (χ1v) is 8.03. The Balaban J connectivity index is 1.86. The maximum Gasteiger partial charge on any atom is 0.265 e. The lowest BCUT2D eigenvalue weighted by molar-refractivity contribution is -0.125. The van der Waals surface area contributed by atoms with E-state index >= 15 is 0 Å². The van der Waals surface area contributed by atoms with Gasteiger partial charge in [0.25, 0.3) is 5.91 Å². The molecule has 7 heteroatoms. The van der Waals surface area contributed by atoms with Crippen LogP contribution < -0.4 is 15.0 Å². The molecule has 0 saturated heterocycles. The minimum atomic E-state index is -0.738. The number of nitrogens with one attached hydrogen (secondary N) is 1. The average Bonchev–Trinajstić information content (AvgIpc) is 2.57. The van der Waals surface area contributed by atoms with Crippen molar-refractivity contribution in [3.05, 3.63) is 52.5 Å². The number of carbonyl (C=O) groups is 2. The van der Waals surface area contributed by atoms with Crippen LogP contribution in [0.25, 0.3) is 0 Å². The first-order valence-electron chi connectivity index (χ1n) is 7.27. The second-order valence-corrected chi connectivity index (χ2v) is 6.15. The third-order valence-electron chi connectivity index (χ3n) is 3.70. The number of para-hydroxylation sites is 2. The molecule has 1 unspecified atom stereocenters. The van der Waals surface area contributed by atoms with Gasteiger partial charge < -0.3 is 10.1 Å². The van der Waals surface area contributed by atoms with Crippen molar-refractivity contribution >= 4 is 46.4 Å². The molecule has 0 saturated carbocycles. The number of fused-ring (bicyclic) bond motifs is 1. The molecule has 24 heavy (non-hydrogen) atoms. The van der Waals surface area contributed by atoms with E-state index in [9.17, 15) is 9.59 Å². The molecule has 1 N–H and O–H groups in total. The highest BCUT2D eigenvalue weighted by Crippen LogP contribution is 2.33. The zero-order chi connectivity index (χ0) is 17.3. The summed E-state index contributed by atoms with van der Waals surface area (Å²) in [6.07, 6.45) is 0. The molecule has 0 spiro atoms. The number of hydrogen-bond donors (Lipinski definition) is 1. The smallest absolute Gasteiger partial charge is 0.265 e. The summed E-state index contributed by atoms with van der Waals surface area (Å²) >= 11 is 12.0. The quantitative estimate of drug-likeness (QED) is 0.902. The van der Waals surface area contributed by atoms with E-state index in [1.54, 1.807) is 43.3 Å². The SMILES string of the molecule is CC(C(=O)Nc1cc(Cl)ccc1Cl)N1C(=O)COc2ccccc21. The van der Waals surface area contributed by atoms with Gasteiger partial charge >= 0.3 is 0 Å². The van der Waals surface area contributed by atoms with Crippen molar-refractivity contribution in [1.82, 2.24) is 0 Å². The number of anilines is 2. The second-order valence-electron chi connectivity index (χ2n) is 5.31. The molecule has 0 radical (unpaired) electrons. The van der Waals surface area contributed by atoms with Crippen molar-refractivity contribution < 1.29 is 14.3 Å². The van der Waals surface area contributed by atoms with Crippen molar-refractivity contribution in [2.75, 3.05) is 16.8 Å². The van der Waals surface area contributed by atoms with Gasteiger partial charge in [0.15, 0.2) is 6.61 Å². The van der Waals surface area contributed by atoms with E-state index in [0.717, 1.165) is 0 Å². The third kappa shape index (κ3) is 3.18. The first kappa shape index (κ1) is 16.6. The van der Waals surface area contributed by atoms with Crippen LogP contribution in [0.4, 0.5) is 11.4 Å². The molecule has 5 nitrogen and oxygen atoms in total. The highest BCUT2D eigenvalue weighted by Gasteiger charge is 2.33. The molecule has 2 aromatic carbocycles. The molecule has 0 bridgehead atoms. The van der Waals surface area contributed by atoms with Crippen LogP contribution in [0.2, 0.25) is 10.0 Å². The Kier molecular flexibility index (Phi) is 4.64. The molecule has 1 aliphatic heterocycles. The molecule has 2 amide bonds. The van der Waals surface area contributed by atoms with E-state index in [1.807, 2.05) is 6.07 Å². The lowest BCUT2D eigenvalue weighted by Crippen LogP contribution is -2.49. The molecule has 0 aliphatic carbocycles. The molecule has 1 atom stereocenters. The summed E-state index contributed by atoms with van der Waals surface area (Å²) < 4.78 is 5.39. The summed E-state index contributed by atoms with van der Waals surface area (Å²) in [7, 11) is 0. The number of benzene rings is 2. The summed E-state index contributed by atoms with van der Waals surface area (Å²) in [5, 5.41) is 3.53. The van der Waals surface area contributed by atoms with Crippen molar-refractivity contribution in [2.45, 2.75) is 13.0 Å². The summed E-state index contributed by atoms with van der Waals surface area (Å²) in [4.78, 5) is 26.3. The van der Waals surface area contributed by atoms with Crippen LogP contribution in [0.1, 0.15) is 6.92 Å². The molecule has 1 heterocycles. The van der Waals surface area contributed by atoms with Gasteiger partial charge in [0.05, 0.1) is 16.4 Å². The second kappa shape index (κ2) is 6.71. The van der Waals surface area contributed by atoms with E-state index in [-0.39, 0.29) is 18.4 Å². The highest BCUT2D eigenvalue weighted by atomic mass is 35.5. The molecule has 124 valence electrons. The highest BCUT2D eigenvalue weighted by molar-refractivity contribution is 6.35. The molecule has 2 aromatic rings. The largest absolute Gasteiger partial charge is 0.482 e. The Morgan fingerprint density at radius 2 is 2.00 bits per heavy atom. The standard InChI is InChI=1S/C17H14Cl2N2O3/c1-10(17(23)20-13-8-11(18)6-7-12(13)19)21-14-4-2-3-5-15(14)24-9-16(21)22/h2-8,10H,9H2,1H3,(H,20,23). The predicted octanol–water partition coefficient (Wildman–Crippen LogP) is 3.75. The zero-order valence-electron chi connectivity index (χ0n) is 12.8. The Labute approximate surface area is 149 Å². The van der Waals surface area contributed by atoms with Crippen LogP contribution >= 0.6 is 23.2 Å². The maximum absolute atomic E-state index is 12.6. The third-order valence-corrected chi connectivity index (χ3v) is 4.26. The van der Waals surface area contributed by atoms with Crippen LogP contribution in [0, 0.1) is 0 Å². The van der Waals surface area contributed by atoms with Crippen molar-refractivity contribution in [1.29, 1.82) is 0 Å². The monoisotopic (exact) mass is 364 g/mol. The Morgan fingerprint density at radius 1 is 1.25 bits per heavy atom. The van der Waals surface area contributed by atoms with Gasteiger partial charge in [0.1, 0.15) is 11.8 Å². The average molecular weight is 365 g/mol. The fourth-order valence-corrected chi connectivity index (χ4v) is 2.83. The number of hydrogen-bond acceptors (Lipinski definition) is 3. The maximum atomic E-state index is 12.6. The molecular formula is C17H14Cl2N2O3.